The van der Waals surface area contributed by atoms with E-state index in [0.717, 1.165) is 23.0 Å². The molecule has 4 nitrogen and oxygen atoms in total. The van der Waals surface area contributed by atoms with E-state index >= 15 is 0 Å². The number of hydrogen-bond acceptors (Lipinski definition) is 5. The van der Waals surface area contributed by atoms with Crippen LogP contribution in [0.15, 0.2) is 47.8 Å². The molecule has 1 amide bonds. The molecule has 9 heteroatoms. The van der Waals surface area contributed by atoms with E-state index < -0.39 is 17.6 Å². The van der Waals surface area contributed by atoms with E-state index in [1.54, 1.807) is 35.7 Å². The Morgan fingerprint density at radius 1 is 1.17 bits per heavy atom. The van der Waals surface area contributed by atoms with E-state index in [4.69, 9.17) is 5.73 Å². The van der Waals surface area contributed by atoms with Crippen LogP contribution in [0, 0.1) is 6.92 Å². The number of aromatic nitrogens is 1. The van der Waals surface area contributed by atoms with Crippen molar-refractivity contribution < 1.29 is 18.0 Å². The maximum atomic E-state index is 13.7. The summed E-state index contributed by atoms with van der Waals surface area (Å²) in [5.74, 6) is -0.568. The number of nitrogens with zero attached hydrogens (tertiary/aromatic N) is 1. The van der Waals surface area contributed by atoms with E-state index in [-0.39, 0.29) is 26.5 Å². The standard InChI is InChI=1S/C20H14F3N3OS2/c1-10-4-2-5-11(8-10)25-18(27)17-16(24)15-12(20(21,22)23)9-13(26-19(15)29-17)14-6-3-7-28-14/h2-9H,24H2,1H3,(H,25,27). The van der Waals surface area contributed by atoms with Gasteiger partial charge >= 0.3 is 6.18 Å². The Morgan fingerprint density at radius 3 is 2.62 bits per heavy atom. The number of anilines is 2. The molecule has 0 radical (unpaired) electrons. The molecule has 29 heavy (non-hydrogen) atoms. The van der Waals surface area contributed by atoms with Crippen LogP contribution in [0.4, 0.5) is 24.5 Å². The average Bonchev–Trinajstić information content (AvgIpc) is 3.29. The van der Waals surface area contributed by atoms with Gasteiger partial charge < -0.3 is 11.1 Å². The van der Waals surface area contributed by atoms with Gasteiger partial charge in [-0.1, -0.05) is 18.2 Å². The molecule has 0 aliphatic heterocycles. The summed E-state index contributed by atoms with van der Waals surface area (Å²) in [6.45, 7) is 1.87. The third-order valence-electron chi connectivity index (χ3n) is 4.26. The summed E-state index contributed by atoms with van der Waals surface area (Å²) in [5, 5.41) is 4.21. The van der Waals surface area contributed by atoms with Crippen molar-refractivity contribution in [2.75, 3.05) is 11.1 Å². The molecule has 3 heterocycles. The van der Waals surface area contributed by atoms with Crippen molar-refractivity contribution in [2.45, 2.75) is 13.1 Å². The predicted molar refractivity (Wildman–Crippen MR) is 111 cm³/mol. The lowest BCUT2D eigenvalue weighted by Crippen LogP contribution is -2.12. The molecule has 4 rings (SSSR count). The summed E-state index contributed by atoms with van der Waals surface area (Å²) in [6.07, 6.45) is -4.63. The van der Waals surface area contributed by atoms with Gasteiger partial charge in [0.15, 0.2) is 0 Å². The molecular weight excluding hydrogens is 419 g/mol. The molecule has 0 bridgehead atoms. The number of nitrogens with one attached hydrogen (secondary N) is 1. The fourth-order valence-electron chi connectivity index (χ4n) is 2.97. The number of thiophene rings is 2. The number of carbonyl (C=O) groups excluding carboxylic acids is 1. The molecule has 3 N–H and O–H groups in total. The highest BCUT2D eigenvalue weighted by Crippen LogP contribution is 2.44. The van der Waals surface area contributed by atoms with E-state index in [2.05, 4.69) is 10.3 Å². The normalized spacial score (nSPS) is 11.7. The number of nitrogen functional groups attached to an aromatic ring is 1. The van der Waals surface area contributed by atoms with Crippen LogP contribution in [0.5, 0.6) is 0 Å². The van der Waals surface area contributed by atoms with E-state index in [9.17, 15) is 18.0 Å². The average molecular weight is 433 g/mol. The lowest BCUT2D eigenvalue weighted by atomic mass is 10.1. The zero-order chi connectivity index (χ0) is 20.8. The second-order valence-electron chi connectivity index (χ2n) is 6.38. The molecule has 0 fully saturated rings. The number of amides is 1. The lowest BCUT2D eigenvalue weighted by Gasteiger charge is -2.10. The number of nitrogens with two attached hydrogens (primary N) is 1. The fourth-order valence-corrected chi connectivity index (χ4v) is 4.68. The summed E-state index contributed by atoms with van der Waals surface area (Å²) >= 11 is 2.14. The number of pyridine rings is 1. The van der Waals surface area contributed by atoms with Crippen LogP contribution in [0.1, 0.15) is 20.8 Å². The first kappa shape index (κ1) is 19.4. The first-order valence-corrected chi connectivity index (χ1v) is 10.2. The summed E-state index contributed by atoms with van der Waals surface area (Å²) in [7, 11) is 0. The van der Waals surface area contributed by atoms with Crippen LogP contribution in [-0.4, -0.2) is 10.9 Å². The molecule has 0 saturated carbocycles. The Bertz CT molecular complexity index is 1210. The molecule has 0 unspecified atom stereocenters. The van der Waals surface area contributed by atoms with Crippen molar-refractivity contribution in [3.05, 3.63) is 63.8 Å². The Hall–Kier alpha value is -2.91. The Balaban J connectivity index is 1.84. The van der Waals surface area contributed by atoms with Crippen molar-refractivity contribution in [2.24, 2.45) is 0 Å². The monoisotopic (exact) mass is 433 g/mol. The van der Waals surface area contributed by atoms with E-state index in [1.807, 2.05) is 13.0 Å². The topological polar surface area (TPSA) is 68.0 Å². The number of halogens is 3. The zero-order valence-corrected chi connectivity index (χ0v) is 16.6. The van der Waals surface area contributed by atoms with Crippen LogP contribution in [-0.2, 0) is 6.18 Å². The van der Waals surface area contributed by atoms with Gasteiger partial charge in [-0.25, -0.2) is 4.98 Å². The third kappa shape index (κ3) is 3.70. The largest absolute Gasteiger partial charge is 0.417 e. The van der Waals surface area contributed by atoms with Gasteiger partial charge in [0.1, 0.15) is 9.71 Å². The number of rotatable bonds is 3. The first-order valence-electron chi connectivity index (χ1n) is 8.46. The van der Waals surface area contributed by atoms with Gasteiger partial charge in [-0.2, -0.15) is 13.2 Å². The van der Waals surface area contributed by atoms with Crippen LogP contribution in [0.2, 0.25) is 0 Å². The molecule has 3 aromatic heterocycles. The molecule has 0 saturated heterocycles. The molecule has 148 valence electrons. The van der Waals surface area contributed by atoms with Gasteiger partial charge in [-0.15, -0.1) is 22.7 Å². The molecule has 0 spiro atoms. The van der Waals surface area contributed by atoms with Gasteiger partial charge in [-0.05, 0) is 42.1 Å². The predicted octanol–water partition coefficient (Wildman–Crippen LogP) is 6.19. The maximum Gasteiger partial charge on any atom is 0.417 e. The highest BCUT2D eigenvalue weighted by molar-refractivity contribution is 7.21. The van der Waals surface area contributed by atoms with Crippen molar-refractivity contribution in [1.29, 1.82) is 0 Å². The smallest absolute Gasteiger partial charge is 0.397 e. The number of fused-ring (bicyclic) bond motifs is 1. The number of carbonyl (C=O) groups is 1. The van der Waals surface area contributed by atoms with Gasteiger partial charge in [-0.3, -0.25) is 4.79 Å². The molecule has 1 aromatic carbocycles. The quantitative estimate of drug-likeness (QED) is 0.405. The van der Waals surface area contributed by atoms with E-state index in [0.29, 0.717) is 10.6 Å². The Kier molecular flexibility index (Phi) is 4.79. The van der Waals surface area contributed by atoms with Crippen molar-refractivity contribution >= 4 is 50.2 Å². The Labute approximate surface area is 171 Å². The molecule has 0 aliphatic rings. The number of aryl methyl sites for hydroxylation is 1. The van der Waals surface area contributed by atoms with Crippen LogP contribution < -0.4 is 11.1 Å². The minimum Gasteiger partial charge on any atom is -0.397 e. The molecule has 0 atom stereocenters. The first-order chi connectivity index (χ1) is 13.7. The van der Waals surface area contributed by atoms with Crippen LogP contribution in [0.3, 0.4) is 0 Å². The van der Waals surface area contributed by atoms with Crippen molar-refractivity contribution in [3.63, 3.8) is 0 Å². The second kappa shape index (κ2) is 7.16. The fraction of sp³-hybridized carbons (Fsp3) is 0.100. The Morgan fingerprint density at radius 2 is 1.97 bits per heavy atom. The lowest BCUT2D eigenvalue weighted by molar-refractivity contribution is -0.136. The SMILES string of the molecule is Cc1cccc(NC(=O)c2sc3nc(-c4cccs4)cc(C(F)(F)F)c3c2N)c1. The van der Waals surface area contributed by atoms with Gasteiger partial charge in [0.05, 0.1) is 21.8 Å². The molecule has 0 aliphatic carbocycles. The maximum absolute atomic E-state index is 13.7. The third-order valence-corrected chi connectivity index (χ3v) is 6.25. The summed E-state index contributed by atoms with van der Waals surface area (Å²) in [4.78, 5) is 17.7. The number of benzene rings is 1. The zero-order valence-electron chi connectivity index (χ0n) is 15.0. The molecular formula is C20H14F3N3OS2. The minimum atomic E-state index is -4.63. The number of alkyl halides is 3. The van der Waals surface area contributed by atoms with E-state index in [1.165, 1.54) is 11.3 Å². The highest BCUT2D eigenvalue weighted by Gasteiger charge is 2.36. The summed E-state index contributed by atoms with van der Waals surface area (Å²) in [5.41, 5.74) is 6.57. The van der Waals surface area contributed by atoms with Crippen molar-refractivity contribution in [3.8, 4) is 10.6 Å². The van der Waals surface area contributed by atoms with Gasteiger partial charge in [0, 0.05) is 11.1 Å². The number of hydrogen-bond donors (Lipinski definition) is 2. The summed E-state index contributed by atoms with van der Waals surface area (Å²) < 4.78 is 41.2. The minimum absolute atomic E-state index is 0.00263. The van der Waals surface area contributed by atoms with Crippen LogP contribution in [0.25, 0.3) is 20.8 Å². The highest BCUT2D eigenvalue weighted by atomic mass is 32.1. The van der Waals surface area contributed by atoms with Crippen molar-refractivity contribution in [1.82, 2.24) is 4.98 Å². The summed E-state index contributed by atoms with van der Waals surface area (Å²) in [6, 6.07) is 11.5. The molecule has 4 aromatic rings. The van der Waals surface area contributed by atoms with Crippen LogP contribution >= 0.6 is 22.7 Å². The van der Waals surface area contributed by atoms with Gasteiger partial charge in [0.25, 0.3) is 5.91 Å². The van der Waals surface area contributed by atoms with Gasteiger partial charge in [0.2, 0.25) is 0 Å². The second-order valence-corrected chi connectivity index (χ2v) is 8.33.